The number of nitrogen functional groups attached to an aromatic ring is 1. The summed E-state index contributed by atoms with van der Waals surface area (Å²) in [6.07, 6.45) is -4.52. The largest absolute Gasteiger partial charge is 0.405 e. The van der Waals surface area contributed by atoms with Crippen LogP contribution in [0.3, 0.4) is 0 Å². The number of carbonyl (C=O) groups is 1. The van der Waals surface area contributed by atoms with Crippen LogP contribution in [0.5, 0.6) is 0 Å². The van der Waals surface area contributed by atoms with Crippen molar-refractivity contribution in [3.63, 3.8) is 0 Å². The van der Waals surface area contributed by atoms with Gasteiger partial charge in [-0.25, -0.2) is 4.39 Å². The zero-order chi connectivity index (χ0) is 13.2. The zero-order valence-corrected chi connectivity index (χ0v) is 8.86. The first-order valence-electron chi connectivity index (χ1n) is 4.61. The Morgan fingerprint density at radius 1 is 1.41 bits per heavy atom. The SMILES string of the molecule is Cc1cc(N)c(C(=O)NCC(F)(F)F)cc1F. The van der Waals surface area contributed by atoms with Gasteiger partial charge in [-0.2, -0.15) is 13.2 Å². The van der Waals surface area contributed by atoms with Gasteiger partial charge in [-0.05, 0) is 24.6 Å². The Kier molecular flexibility index (Phi) is 3.59. The molecule has 0 unspecified atom stereocenters. The van der Waals surface area contributed by atoms with E-state index in [2.05, 4.69) is 0 Å². The average Bonchev–Trinajstić information content (AvgIpc) is 2.19. The van der Waals surface area contributed by atoms with Crippen LogP contribution in [0.15, 0.2) is 12.1 Å². The van der Waals surface area contributed by atoms with Crippen LogP contribution in [0.1, 0.15) is 15.9 Å². The maximum atomic E-state index is 13.1. The standard InChI is InChI=1S/C10H10F4N2O/c1-5-2-8(15)6(3-7(5)11)9(17)16-4-10(12,13)14/h2-3H,4,15H2,1H3,(H,16,17). The minimum atomic E-state index is -4.52. The van der Waals surface area contributed by atoms with E-state index in [1.807, 2.05) is 0 Å². The summed E-state index contributed by atoms with van der Waals surface area (Å²) in [4.78, 5) is 11.3. The number of rotatable bonds is 2. The Balaban J connectivity index is 2.86. The lowest BCUT2D eigenvalue weighted by Crippen LogP contribution is -2.34. The van der Waals surface area contributed by atoms with E-state index in [0.29, 0.717) is 0 Å². The predicted octanol–water partition coefficient (Wildman–Crippen LogP) is 2.01. The van der Waals surface area contributed by atoms with Crippen LogP contribution < -0.4 is 11.1 Å². The number of hydrogen-bond acceptors (Lipinski definition) is 2. The van der Waals surface area contributed by atoms with Crippen LogP contribution in [0.4, 0.5) is 23.2 Å². The van der Waals surface area contributed by atoms with Gasteiger partial charge in [0, 0.05) is 5.69 Å². The molecule has 1 aromatic rings. The van der Waals surface area contributed by atoms with Crippen molar-refractivity contribution in [2.75, 3.05) is 12.3 Å². The topological polar surface area (TPSA) is 55.1 Å². The third-order valence-electron chi connectivity index (χ3n) is 2.02. The smallest absolute Gasteiger partial charge is 0.398 e. The molecule has 0 heterocycles. The van der Waals surface area contributed by atoms with Gasteiger partial charge in [0.1, 0.15) is 12.4 Å². The minimum absolute atomic E-state index is 0.0661. The van der Waals surface area contributed by atoms with Crippen molar-refractivity contribution in [2.24, 2.45) is 0 Å². The summed E-state index contributed by atoms with van der Waals surface area (Å²) in [5.74, 6) is -1.75. The molecule has 0 aromatic heterocycles. The number of anilines is 1. The molecule has 0 aliphatic carbocycles. The van der Waals surface area contributed by atoms with E-state index in [0.717, 1.165) is 6.07 Å². The molecule has 0 aliphatic rings. The molecule has 3 N–H and O–H groups in total. The summed E-state index contributed by atoms with van der Waals surface area (Å²) in [5.41, 5.74) is 5.27. The third kappa shape index (κ3) is 3.61. The Labute approximate surface area is 94.6 Å². The number of halogens is 4. The molecule has 17 heavy (non-hydrogen) atoms. The van der Waals surface area contributed by atoms with Gasteiger partial charge >= 0.3 is 6.18 Å². The molecule has 0 aliphatic heterocycles. The van der Waals surface area contributed by atoms with Crippen molar-refractivity contribution in [1.29, 1.82) is 0 Å². The fourth-order valence-corrected chi connectivity index (χ4v) is 1.18. The minimum Gasteiger partial charge on any atom is -0.398 e. The molecule has 0 saturated heterocycles. The van der Waals surface area contributed by atoms with Crippen molar-refractivity contribution in [1.82, 2.24) is 5.32 Å². The van der Waals surface area contributed by atoms with Crippen molar-refractivity contribution in [3.05, 3.63) is 29.1 Å². The van der Waals surface area contributed by atoms with Crippen LogP contribution in [0.25, 0.3) is 0 Å². The van der Waals surface area contributed by atoms with Gasteiger partial charge in [-0.3, -0.25) is 4.79 Å². The molecule has 1 aromatic carbocycles. The molecule has 3 nitrogen and oxygen atoms in total. The average molecular weight is 250 g/mol. The second-order valence-corrected chi connectivity index (χ2v) is 3.49. The first-order chi connectivity index (χ1) is 7.70. The number of hydrogen-bond donors (Lipinski definition) is 2. The van der Waals surface area contributed by atoms with Gasteiger partial charge in [0.2, 0.25) is 0 Å². The highest BCUT2D eigenvalue weighted by molar-refractivity contribution is 5.99. The number of carbonyl (C=O) groups excluding carboxylic acids is 1. The van der Waals surface area contributed by atoms with Crippen molar-refractivity contribution in [2.45, 2.75) is 13.1 Å². The number of alkyl halides is 3. The van der Waals surface area contributed by atoms with Gasteiger partial charge in [-0.1, -0.05) is 0 Å². The lowest BCUT2D eigenvalue weighted by atomic mass is 10.1. The third-order valence-corrected chi connectivity index (χ3v) is 2.02. The van der Waals surface area contributed by atoms with Crippen molar-refractivity contribution >= 4 is 11.6 Å². The van der Waals surface area contributed by atoms with Crippen LogP contribution in [0, 0.1) is 12.7 Å². The fourth-order valence-electron chi connectivity index (χ4n) is 1.18. The highest BCUT2D eigenvalue weighted by atomic mass is 19.4. The van der Waals surface area contributed by atoms with Gasteiger partial charge in [0.25, 0.3) is 5.91 Å². The van der Waals surface area contributed by atoms with E-state index in [4.69, 9.17) is 5.73 Å². The summed E-state index contributed by atoms with van der Waals surface area (Å²) in [5, 5.41) is 1.62. The molecule has 1 rings (SSSR count). The van der Waals surface area contributed by atoms with E-state index in [-0.39, 0.29) is 16.8 Å². The maximum Gasteiger partial charge on any atom is 0.405 e. The number of amides is 1. The number of nitrogens with one attached hydrogen (secondary N) is 1. The molecule has 0 bridgehead atoms. The van der Waals surface area contributed by atoms with Crippen LogP contribution in [-0.2, 0) is 0 Å². The van der Waals surface area contributed by atoms with E-state index in [1.54, 1.807) is 5.32 Å². The molecule has 0 radical (unpaired) electrons. The van der Waals surface area contributed by atoms with Crippen LogP contribution in [-0.4, -0.2) is 18.6 Å². The lowest BCUT2D eigenvalue weighted by Gasteiger charge is -2.10. The zero-order valence-electron chi connectivity index (χ0n) is 8.86. The van der Waals surface area contributed by atoms with Gasteiger partial charge in [-0.15, -0.1) is 0 Å². The Bertz CT molecular complexity index is 443. The number of benzene rings is 1. The molecule has 0 saturated carbocycles. The second-order valence-electron chi connectivity index (χ2n) is 3.49. The summed E-state index contributed by atoms with van der Waals surface area (Å²) in [7, 11) is 0. The highest BCUT2D eigenvalue weighted by Gasteiger charge is 2.28. The molecular formula is C10H10F4N2O. The summed E-state index contributed by atoms with van der Waals surface area (Å²) >= 11 is 0. The number of nitrogens with two attached hydrogens (primary N) is 1. The van der Waals surface area contributed by atoms with Crippen molar-refractivity contribution < 1.29 is 22.4 Å². The van der Waals surface area contributed by atoms with Crippen LogP contribution >= 0.6 is 0 Å². The summed E-state index contributed by atoms with van der Waals surface area (Å²) in [6.45, 7) is -0.0517. The second kappa shape index (κ2) is 4.60. The van der Waals surface area contributed by atoms with E-state index in [1.165, 1.54) is 13.0 Å². The molecular weight excluding hydrogens is 240 g/mol. The Hall–Kier alpha value is -1.79. The van der Waals surface area contributed by atoms with Gasteiger partial charge in [0.05, 0.1) is 5.56 Å². The van der Waals surface area contributed by atoms with E-state index in [9.17, 15) is 22.4 Å². The van der Waals surface area contributed by atoms with Gasteiger partial charge < -0.3 is 11.1 Å². The molecule has 1 amide bonds. The van der Waals surface area contributed by atoms with Crippen LogP contribution in [0.2, 0.25) is 0 Å². The maximum absolute atomic E-state index is 13.1. The fraction of sp³-hybridized carbons (Fsp3) is 0.300. The van der Waals surface area contributed by atoms with Gasteiger partial charge in [0.15, 0.2) is 0 Å². The quantitative estimate of drug-likeness (QED) is 0.623. The first-order valence-corrected chi connectivity index (χ1v) is 4.61. The molecule has 0 atom stereocenters. The monoisotopic (exact) mass is 250 g/mol. The molecule has 7 heteroatoms. The molecule has 0 spiro atoms. The number of aryl methyl sites for hydroxylation is 1. The predicted molar refractivity (Wildman–Crippen MR) is 53.9 cm³/mol. The normalized spacial score (nSPS) is 11.4. The highest BCUT2D eigenvalue weighted by Crippen LogP contribution is 2.18. The summed E-state index contributed by atoms with van der Waals surface area (Å²) in [6, 6.07) is 2.01. The Morgan fingerprint density at radius 2 is 2.00 bits per heavy atom. The molecule has 0 fully saturated rings. The van der Waals surface area contributed by atoms with E-state index < -0.39 is 24.4 Å². The first kappa shape index (κ1) is 13.3. The van der Waals surface area contributed by atoms with Crippen molar-refractivity contribution in [3.8, 4) is 0 Å². The summed E-state index contributed by atoms with van der Waals surface area (Å²) < 4.78 is 48.7. The Morgan fingerprint density at radius 3 is 2.53 bits per heavy atom. The lowest BCUT2D eigenvalue weighted by molar-refractivity contribution is -0.123. The molecule has 94 valence electrons. The van der Waals surface area contributed by atoms with E-state index >= 15 is 0 Å².